The number of carbonyl (C=O) groups excluding carboxylic acids is 3. The van der Waals surface area contributed by atoms with Gasteiger partial charge >= 0.3 is 0 Å². The third kappa shape index (κ3) is 7.19. The number of halogens is 1. The highest BCUT2D eigenvalue weighted by molar-refractivity contribution is 6.30. The molecule has 1 saturated heterocycles. The van der Waals surface area contributed by atoms with Crippen LogP contribution in [0.25, 0.3) is 0 Å². The summed E-state index contributed by atoms with van der Waals surface area (Å²) in [6.07, 6.45) is 8.37. The summed E-state index contributed by atoms with van der Waals surface area (Å²) < 4.78 is 0. The largest absolute Gasteiger partial charge is 0.344 e. The quantitative estimate of drug-likeness (QED) is 0.526. The van der Waals surface area contributed by atoms with Crippen molar-refractivity contribution in [1.29, 1.82) is 0 Å². The maximum absolute atomic E-state index is 13.5. The number of nitrogens with one attached hydrogen (secondary N) is 1. The lowest BCUT2D eigenvalue weighted by Crippen LogP contribution is -2.52. The Kier molecular flexibility index (Phi) is 10.2. The summed E-state index contributed by atoms with van der Waals surface area (Å²) in [6, 6.07) is 6.97. The van der Waals surface area contributed by atoms with Crippen LogP contribution in [-0.4, -0.2) is 65.3 Å². The first-order valence-electron chi connectivity index (χ1n) is 12.8. The predicted molar refractivity (Wildman–Crippen MR) is 134 cm³/mol. The van der Waals surface area contributed by atoms with Crippen molar-refractivity contribution >= 4 is 29.3 Å². The number of likely N-dealkylation sites (tertiary alicyclic amines) is 1. The normalized spacial score (nSPS) is 19.6. The summed E-state index contributed by atoms with van der Waals surface area (Å²) >= 11 is 6.01. The number of benzene rings is 1. The highest BCUT2D eigenvalue weighted by atomic mass is 35.5. The molecule has 1 heterocycles. The van der Waals surface area contributed by atoms with Gasteiger partial charge in [0.1, 0.15) is 6.04 Å². The zero-order chi connectivity index (χ0) is 24.5. The maximum atomic E-state index is 13.5. The van der Waals surface area contributed by atoms with Gasteiger partial charge in [-0.1, -0.05) is 49.9 Å². The summed E-state index contributed by atoms with van der Waals surface area (Å²) in [5, 5.41) is 3.51. The van der Waals surface area contributed by atoms with Gasteiger partial charge in [-0.3, -0.25) is 14.4 Å². The molecule has 1 aliphatic heterocycles. The minimum atomic E-state index is -0.673. The van der Waals surface area contributed by atoms with E-state index in [0.717, 1.165) is 44.1 Å². The first-order chi connectivity index (χ1) is 16.4. The Hall–Kier alpha value is -2.12. The monoisotopic (exact) mass is 490 g/mol. The van der Waals surface area contributed by atoms with E-state index in [9.17, 15) is 14.4 Å². The van der Waals surface area contributed by atoms with Gasteiger partial charge in [-0.2, -0.15) is 0 Å². The van der Waals surface area contributed by atoms with Crippen LogP contribution < -0.4 is 11.1 Å². The molecular formula is C26H39ClN4O3. The number of hydrogen-bond acceptors (Lipinski definition) is 4. The molecule has 2 fully saturated rings. The second kappa shape index (κ2) is 13.1. The average Bonchev–Trinajstić information content (AvgIpc) is 3.30. The Morgan fingerprint density at radius 1 is 1.09 bits per heavy atom. The van der Waals surface area contributed by atoms with E-state index in [1.807, 2.05) is 24.0 Å². The van der Waals surface area contributed by atoms with E-state index in [1.54, 1.807) is 12.1 Å². The summed E-state index contributed by atoms with van der Waals surface area (Å²) in [6.45, 7) is 3.38. The molecule has 3 rings (SSSR count). The van der Waals surface area contributed by atoms with Crippen molar-refractivity contribution in [1.82, 2.24) is 15.1 Å². The molecule has 1 saturated carbocycles. The van der Waals surface area contributed by atoms with Gasteiger partial charge < -0.3 is 20.9 Å². The van der Waals surface area contributed by atoms with Crippen LogP contribution in [0.2, 0.25) is 5.02 Å². The number of rotatable bonds is 10. The highest BCUT2D eigenvalue weighted by Crippen LogP contribution is 2.29. The molecule has 2 atom stereocenters. The SMILES string of the molecule is CCCC(=O)N(C1CCCCC1)C1CCN(C(=O)C(Cc2ccc(Cl)cc2)NC(=O)CCN)C1. The van der Waals surface area contributed by atoms with E-state index in [2.05, 4.69) is 10.2 Å². The molecule has 7 nitrogen and oxygen atoms in total. The maximum Gasteiger partial charge on any atom is 0.245 e. The number of amides is 3. The highest BCUT2D eigenvalue weighted by Gasteiger charge is 2.38. The van der Waals surface area contributed by atoms with Gasteiger partial charge in [0.15, 0.2) is 0 Å². The summed E-state index contributed by atoms with van der Waals surface area (Å²) in [4.78, 5) is 42.9. The van der Waals surface area contributed by atoms with Gasteiger partial charge in [0, 0.05) is 50.0 Å². The second-order valence-electron chi connectivity index (χ2n) is 9.56. The van der Waals surface area contributed by atoms with E-state index >= 15 is 0 Å². The smallest absolute Gasteiger partial charge is 0.245 e. The number of nitrogens with two attached hydrogens (primary N) is 1. The third-order valence-electron chi connectivity index (χ3n) is 6.95. The molecule has 2 aliphatic rings. The van der Waals surface area contributed by atoms with Gasteiger partial charge in [-0.25, -0.2) is 0 Å². The average molecular weight is 491 g/mol. The van der Waals surface area contributed by atoms with Gasteiger partial charge in [0.2, 0.25) is 17.7 Å². The van der Waals surface area contributed by atoms with Crippen LogP contribution in [0.15, 0.2) is 24.3 Å². The van der Waals surface area contributed by atoms with Gasteiger partial charge in [-0.15, -0.1) is 0 Å². The molecule has 188 valence electrons. The first-order valence-corrected chi connectivity index (χ1v) is 13.1. The van der Waals surface area contributed by atoms with Crippen LogP contribution in [0.3, 0.4) is 0 Å². The van der Waals surface area contributed by atoms with E-state index in [1.165, 1.54) is 6.42 Å². The Balaban J connectivity index is 1.72. The molecule has 0 aromatic heterocycles. The molecule has 3 N–H and O–H groups in total. The Labute approximate surface area is 208 Å². The van der Waals surface area contributed by atoms with E-state index in [-0.39, 0.29) is 42.8 Å². The van der Waals surface area contributed by atoms with Crippen molar-refractivity contribution in [3.8, 4) is 0 Å². The minimum absolute atomic E-state index is 0.0435. The minimum Gasteiger partial charge on any atom is -0.344 e. The Morgan fingerprint density at radius 3 is 2.44 bits per heavy atom. The second-order valence-corrected chi connectivity index (χ2v) is 10.00. The lowest BCUT2D eigenvalue weighted by atomic mass is 9.92. The fourth-order valence-electron chi connectivity index (χ4n) is 5.25. The number of carbonyl (C=O) groups is 3. The van der Waals surface area contributed by atoms with Crippen LogP contribution in [0.5, 0.6) is 0 Å². The van der Waals surface area contributed by atoms with Gasteiger partial charge in [0.05, 0.1) is 6.04 Å². The van der Waals surface area contributed by atoms with Gasteiger partial charge in [0.25, 0.3) is 0 Å². The zero-order valence-corrected chi connectivity index (χ0v) is 21.1. The first kappa shape index (κ1) is 26.5. The summed E-state index contributed by atoms with van der Waals surface area (Å²) in [5.74, 6) is -0.121. The molecule has 3 amide bonds. The molecule has 1 aromatic rings. The number of nitrogens with zero attached hydrogens (tertiary/aromatic N) is 2. The molecule has 1 aliphatic carbocycles. The molecule has 0 radical (unpaired) electrons. The molecule has 0 bridgehead atoms. The Morgan fingerprint density at radius 2 is 1.79 bits per heavy atom. The van der Waals surface area contributed by atoms with E-state index in [4.69, 9.17) is 17.3 Å². The summed E-state index contributed by atoms with van der Waals surface area (Å²) in [7, 11) is 0. The summed E-state index contributed by atoms with van der Waals surface area (Å²) in [5.41, 5.74) is 6.46. The fraction of sp³-hybridized carbons (Fsp3) is 0.654. The van der Waals surface area contributed by atoms with Crippen LogP contribution in [0.1, 0.15) is 70.3 Å². The molecule has 1 aromatic carbocycles. The van der Waals surface area contributed by atoms with Crippen LogP contribution in [0, 0.1) is 0 Å². The molecule has 2 unspecified atom stereocenters. The molecule has 34 heavy (non-hydrogen) atoms. The molecule has 0 spiro atoms. The van der Waals surface area contributed by atoms with Crippen molar-refractivity contribution < 1.29 is 14.4 Å². The standard InChI is InChI=1S/C26H39ClN4O3/c1-2-6-25(33)31(21-7-4-3-5-8-21)22-14-16-30(18-22)26(34)23(29-24(32)13-15-28)17-19-9-11-20(27)12-10-19/h9-12,21-23H,2-8,13-18,28H2,1H3,(H,29,32). The van der Waals surface area contributed by atoms with Crippen LogP contribution in [-0.2, 0) is 20.8 Å². The topological polar surface area (TPSA) is 95.7 Å². The molecular weight excluding hydrogens is 452 g/mol. The Bertz CT molecular complexity index is 826. The zero-order valence-electron chi connectivity index (χ0n) is 20.3. The van der Waals surface area contributed by atoms with E-state index < -0.39 is 6.04 Å². The fourth-order valence-corrected chi connectivity index (χ4v) is 5.38. The van der Waals surface area contributed by atoms with Crippen molar-refractivity contribution in [3.63, 3.8) is 0 Å². The van der Waals surface area contributed by atoms with Gasteiger partial charge in [-0.05, 0) is 43.4 Å². The van der Waals surface area contributed by atoms with Crippen molar-refractivity contribution in [2.45, 2.75) is 89.3 Å². The van der Waals surface area contributed by atoms with Crippen LogP contribution in [0.4, 0.5) is 0 Å². The van der Waals surface area contributed by atoms with Crippen molar-refractivity contribution in [3.05, 3.63) is 34.9 Å². The lowest BCUT2D eigenvalue weighted by molar-refractivity contribution is -0.139. The van der Waals surface area contributed by atoms with Crippen molar-refractivity contribution in [2.75, 3.05) is 19.6 Å². The predicted octanol–water partition coefficient (Wildman–Crippen LogP) is 3.28. The lowest BCUT2D eigenvalue weighted by Gasteiger charge is -2.39. The van der Waals surface area contributed by atoms with Crippen LogP contribution >= 0.6 is 11.6 Å². The third-order valence-corrected chi connectivity index (χ3v) is 7.20. The number of hydrogen-bond donors (Lipinski definition) is 2. The van der Waals surface area contributed by atoms with E-state index in [0.29, 0.717) is 31.0 Å². The molecule has 8 heteroatoms. The van der Waals surface area contributed by atoms with Crippen molar-refractivity contribution in [2.24, 2.45) is 5.73 Å².